The number of carbonyl (C=O) groups is 3. The molecular formula is C33H50N2O8. The van der Waals surface area contributed by atoms with E-state index in [9.17, 15) is 19.5 Å². The number of hydrogen-bond donors (Lipinski definition) is 3. The largest absolute Gasteiger partial charge is 0.459 e. The van der Waals surface area contributed by atoms with Gasteiger partial charge < -0.3 is 34.7 Å². The summed E-state index contributed by atoms with van der Waals surface area (Å²) in [5.41, 5.74) is 0.404. The van der Waals surface area contributed by atoms with Gasteiger partial charge in [-0.15, -0.1) is 0 Å². The number of nitrogens with one attached hydrogen (secondary N) is 2. The molecule has 0 bridgehead atoms. The molecule has 4 rings (SSSR count). The lowest BCUT2D eigenvalue weighted by Gasteiger charge is -2.39. The summed E-state index contributed by atoms with van der Waals surface area (Å²) in [7, 11) is 0. The summed E-state index contributed by atoms with van der Waals surface area (Å²) in [4.78, 5) is 36.1. The van der Waals surface area contributed by atoms with E-state index < -0.39 is 29.9 Å². The van der Waals surface area contributed by atoms with Crippen molar-refractivity contribution in [1.29, 1.82) is 0 Å². The van der Waals surface area contributed by atoms with Gasteiger partial charge in [0, 0.05) is 25.5 Å². The monoisotopic (exact) mass is 602 g/mol. The van der Waals surface area contributed by atoms with Crippen molar-refractivity contribution in [3.05, 3.63) is 36.0 Å². The predicted octanol–water partition coefficient (Wildman–Crippen LogP) is 3.42. The molecule has 0 aromatic rings. The fourth-order valence-electron chi connectivity index (χ4n) is 6.45. The molecule has 1 saturated carbocycles. The molecule has 240 valence electrons. The molecule has 1 spiro atoms. The van der Waals surface area contributed by atoms with E-state index in [0.717, 1.165) is 37.7 Å². The van der Waals surface area contributed by atoms with E-state index in [1.54, 1.807) is 13.0 Å². The van der Waals surface area contributed by atoms with Crippen LogP contribution in [-0.2, 0) is 33.3 Å². The van der Waals surface area contributed by atoms with Crippen LogP contribution in [0.5, 0.6) is 0 Å². The summed E-state index contributed by atoms with van der Waals surface area (Å²) in [5.74, 6) is -0.402. The molecule has 3 saturated heterocycles. The minimum atomic E-state index is -0.778. The van der Waals surface area contributed by atoms with Crippen LogP contribution < -0.4 is 10.6 Å². The number of aliphatic hydroxyl groups excluding tert-OH is 1. The smallest absolute Gasteiger partial charge is 0.303 e. The number of allylic oxidation sites excluding steroid dienone is 2. The number of ether oxygens (including phenoxy) is 4. The topological polar surface area (TPSA) is 136 Å². The van der Waals surface area contributed by atoms with E-state index in [4.69, 9.17) is 18.9 Å². The van der Waals surface area contributed by atoms with Crippen LogP contribution in [-0.4, -0.2) is 83.8 Å². The molecule has 2 amide bonds. The van der Waals surface area contributed by atoms with Gasteiger partial charge in [-0.25, -0.2) is 0 Å². The molecule has 1 aliphatic carbocycles. The molecule has 3 aliphatic heterocycles. The van der Waals surface area contributed by atoms with Crippen LogP contribution >= 0.6 is 0 Å². The van der Waals surface area contributed by atoms with Gasteiger partial charge in [-0.1, -0.05) is 43.6 Å². The van der Waals surface area contributed by atoms with Gasteiger partial charge in [0.25, 0.3) is 0 Å². The maximum atomic E-state index is 12.6. The van der Waals surface area contributed by atoms with Gasteiger partial charge in [-0.3, -0.25) is 14.4 Å². The Morgan fingerprint density at radius 1 is 1.09 bits per heavy atom. The molecule has 4 aliphatic rings. The van der Waals surface area contributed by atoms with Crippen molar-refractivity contribution in [3.63, 3.8) is 0 Å². The van der Waals surface area contributed by atoms with Gasteiger partial charge in [0.05, 0.1) is 37.4 Å². The highest BCUT2D eigenvalue weighted by atomic mass is 16.6. The zero-order valence-corrected chi connectivity index (χ0v) is 26.3. The first kappa shape index (κ1) is 33.4. The Labute approximate surface area is 255 Å². The number of epoxide rings is 1. The molecular weight excluding hydrogens is 552 g/mol. The number of esters is 1. The molecule has 0 unspecified atom stereocenters. The zero-order chi connectivity index (χ0) is 31.1. The average Bonchev–Trinajstić information content (AvgIpc) is 3.52. The maximum Gasteiger partial charge on any atom is 0.303 e. The minimum absolute atomic E-state index is 0.00543. The SMILES string of the molecule is CC(=O)O[C@@H](C)/C=C\C(=O)N[C@@H]1C[C@H](C)[C@H](C/C=C(C)/C=C/[C@H]2O[C@H](CC(=O)NC3CCCC3)C[C@@]3(CO3)[C@@H]2O)O[C@@H]1C. The summed E-state index contributed by atoms with van der Waals surface area (Å²) in [6.45, 7) is 9.61. The summed E-state index contributed by atoms with van der Waals surface area (Å²) in [5, 5.41) is 17.1. The van der Waals surface area contributed by atoms with Crippen molar-refractivity contribution in [2.45, 2.75) is 140 Å². The molecule has 43 heavy (non-hydrogen) atoms. The van der Waals surface area contributed by atoms with Gasteiger partial charge in [0.15, 0.2) is 0 Å². The highest BCUT2D eigenvalue weighted by Crippen LogP contribution is 2.43. The summed E-state index contributed by atoms with van der Waals surface area (Å²) >= 11 is 0. The summed E-state index contributed by atoms with van der Waals surface area (Å²) in [6, 6.07) is 0.151. The normalized spacial score (nSPS) is 35.8. The van der Waals surface area contributed by atoms with Crippen molar-refractivity contribution in [1.82, 2.24) is 10.6 Å². The third kappa shape index (κ3) is 9.73. The van der Waals surface area contributed by atoms with Gasteiger partial charge >= 0.3 is 5.97 Å². The van der Waals surface area contributed by atoms with E-state index in [1.165, 1.54) is 13.0 Å². The molecule has 3 N–H and O–H groups in total. The quantitative estimate of drug-likeness (QED) is 0.142. The molecule has 10 heteroatoms. The highest BCUT2D eigenvalue weighted by Gasteiger charge is 2.58. The number of amides is 2. The van der Waals surface area contributed by atoms with Crippen LogP contribution in [0.15, 0.2) is 36.0 Å². The molecule has 0 aromatic carbocycles. The molecule has 3 heterocycles. The second-order valence-corrected chi connectivity index (χ2v) is 12.9. The Bertz CT molecular complexity index is 1080. The lowest BCUT2D eigenvalue weighted by Crippen LogP contribution is -2.51. The molecule has 9 atom stereocenters. The van der Waals surface area contributed by atoms with Crippen LogP contribution in [0.2, 0.25) is 0 Å². The fraction of sp³-hybridized carbons (Fsp3) is 0.727. The van der Waals surface area contributed by atoms with Gasteiger partial charge in [-0.2, -0.15) is 0 Å². The van der Waals surface area contributed by atoms with Crippen LogP contribution in [0.4, 0.5) is 0 Å². The first-order valence-corrected chi connectivity index (χ1v) is 15.9. The van der Waals surface area contributed by atoms with Crippen LogP contribution in [0.1, 0.15) is 86.0 Å². The average molecular weight is 603 g/mol. The van der Waals surface area contributed by atoms with Crippen LogP contribution in [0, 0.1) is 5.92 Å². The number of carbonyl (C=O) groups excluding carboxylic acids is 3. The summed E-state index contributed by atoms with van der Waals surface area (Å²) < 4.78 is 23.2. The van der Waals surface area contributed by atoms with E-state index in [1.807, 2.05) is 26.0 Å². The minimum Gasteiger partial charge on any atom is -0.459 e. The Morgan fingerprint density at radius 3 is 2.49 bits per heavy atom. The lowest BCUT2D eigenvalue weighted by molar-refractivity contribution is -0.145. The van der Waals surface area contributed by atoms with Crippen LogP contribution in [0.3, 0.4) is 0 Å². The molecule has 0 radical (unpaired) electrons. The van der Waals surface area contributed by atoms with Crippen molar-refractivity contribution in [2.75, 3.05) is 6.61 Å². The van der Waals surface area contributed by atoms with Crippen molar-refractivity contribution >= 4 is 17.8 Å². The van der Waals surface area contributed by atoms with Gasteiger partial charge in [0.2, 0.25) is 11.8 Å². The first-order chi connectivity index (χ1) is 20.4. The first-order valence-electron chi connectivity index (χ1n) is 15.9. The number of rotatable bonds is 11. The Hall–Kier alpha value is -2.53. The third-order valence-corrected chi connectivity index (χ3v) is 9.06. The van der Waals surface area contributed by atoms with E-state index in [0.29, 0.717) is 19.4 Å². The predicted molar refractivity (Wildman–Crippen MR) is 161 cm³/mol. The van der Waals surface area contributed by atoms with E-state index in [-0.39, 0.29) is 54.5 Å². The number of aliphatic hydroxyl groups is 1. The Morgan fingerprint density at radius 2 is 1.81 bits per heavy atom. The van der Waals surface area contributed by atoms with Gasteiger partial charge in [-0.05, 0) is 58.4 Å². The maximum absolute atomic E-state index is 12.6. The zero-order valence-electron chi connectivity index (χ0n) is 26.3. The lowest BCUT2D eigenvalue weighted by atomic mass is 9.87. The molecule has 10 nitrogen and oxygen atoms in total. The van der Waals surface area contributed by atoms with Crippen molar-refractivity contribution < 1.29 is 38.4 Å². The van der Waals surface area contributed by atoms with Crippen molar-refractivity contribution in [3.8, 4) is 0 Å². The van der Waals surface area contributed by atoms with E-state index in [2.05, 4.69) is 23.6 Å². The van der Waals surface area contributed by atoms with E-state index >= 15 is 0 Å². The second-order valence-electron chi connectivity index (χ2n) is 12.9. The second kappa shape index (κ2) is 15.0. The molecule has 4 fully saturated rings. The van der Waals surface area contributed by atoms with Crippen LogP contribution in [0.25, 0.3) is 0 Å². The Kier molecular flexibility index (Phi) is 11.6. The summed E-state index contributed by atoms with van der Waals surface area (Å²) in [6.07, 6.45) is 13.3. The Balaban J connectivity index is 1.25. The highest BCUT2D eigenvalue weighted by molar-refractivity contribution is 5.87. The van der Waals surface area contributed by atoms with Crippen molar-refractivity contribution in [2.24, 2.45) is 5.92 Å². The fourth-order valence-corrected chi connectivity index (χ4v) is 6.45. The third-order valence-electron chi connectivity index (χ3n) is 9.06. The molecule has 0 aromatic heterocycles. The van der Waals surface area contributed by atoms with Gasteiger partial charge in [0.1, 0.15) is 23.9 Å². The number of hydrogen-bond acceptors (Lipinski definition) is 8. The standard InChI is InChI=1S/C33H50N2O8/c1-20(10-13-28-21(2)16-27(23(4)42-28)35-30(37)15-12-22(3)41-24(5)36)11-14-29-32(39)33(19-40-33)18-26(43-29)17-31(38)34-25-8-6-7-9-25/h10-12,14-15,21-23,25-29,32,39H,6-9,13,16-19H2,1-5H3,(H,34,38)(H,35,37)/b14-11+,15-12-,20-10+/t21-,22-,23+,26+,27+,28-,29+,32+,33+/m0/s1.